The van der Waals surface area contributed by atoms with Crippen molar-refractivity contribution in [2.24, 2.45) is 5.41 Å². The smallest absolute Gasteiger partial charge is 0.243 e. The summed E-state index contributed by atoms with van der Waals surface area (Å²) in [4.78, 5) is 14.8. The third-order valence-corrected chi connectivity index (χ3v) is 7.61. The second kappa shape index (κ2) is 7.01. The normalized spacial score (nSPS) is 20.7. The Labute approximate surface area is 155 Å². The highest BCUT2D eigenvalue weighted by Crippen LogP contribution is 2.39. The van der Waals surface area contributed by atoms with Crippen LogP contribution in [0.25, 0.3) is 0 Å². The fraction of sp³-hybridized carbons (Fsp3) is 0.579. The molecule has 2 fully saturated rings. The van der Waals surface area contributed by atoms with Crippen LogP contribution in [0.5, 0.6) is 0 Å². The van der Waals surface area contributed by atoms with Gasteiger partial charge in [0, 0.05) is 26.2 Å². The third kappa shape index (κ3) is 3.24. The van der Waals surface area contributed by atoms with Crippen LogP contribution in [-0.2, 0) is 14.8 Å². The quantitative estimate of drug-likeness (QED) is 0.811. The van der Waals surface area contributed by atoms with Crippen molar-refractivity contribution in [2.75, 3.05) is 26.2 Å². The Hall–Kier alpha value is -1.91. The summed E-state index contributed by atoms with van der Waals surface area (Å²) in [5.41, 5.74) is 0.863. The first kappa shape index (κ1) is 18.9. The number of aryl methyl sites for hydroxylation is 2. The number of nitriles is 1. The summed E-state index contributed by atoms with van der Waals surface area (Å²) in [6.07, 6.45) is 3.04. The zero-order valence-electron chi connectivity index (χ0n) is 15.4. The highest BCUT2D eigenvalue weighted by molar-refractivity contribution is 7.89. The molecule has 1 heterocycles. The fourth-order valence-electron chi connectivity index (χ4n) is 4.01. The summed E-state index contributed by atoms with van der Waals surface area (Å²) >= 11 is 0. The number of nitrogens with zero attached hydrogens (tertiary/aromatic N) is 3. The number of amides is 1. The van der Waals surface area contributed by atoms with Crippen molar-refractivity contribution in [3.63, 3.8) is 0 Å². The number of benzene rings is 1. The van der Waals surface area contributed by atoms with Crippen LogP contribution in [0.4, 0.5) is 0 Å². The highest BCUT2D eigenvalue weighted by atomic mass is 32.2. The van der Waals surface area contributed by atoms with E-state index in [9.17, 15) is 18.5 Å². The van der Waals surface area contributed by atoms with E-state index in [0.717, 1.165) is 24.0 Å². The van der Waals surface area contributed by atoms with E-state index >= 15 is 0 Å². The molecule has 0 atom stereocenters. The molecular formula is C19H25N3O3S. The minimum absolute atomic E-state index is 0.124. The van der Waals surface area contributed by atoms with Gasteiger partial charge in [0.1, 0.15) is 5.41 Å². The van der Waals surface area contributed by atoms with E-state index < -0.39 is 15.4 Å². The number of sulfonamides is 1. The summed E-state index contributed by atoms with van der Waals surface area (Å²) in [5, 5.41) is 9.50. The van der Waals surface area contributed by atoms with Crippen molar-refractivity contribution >= 4 is 15.9 Å². The molecule has 2 aliphatic rings. The first-order chi connectivity index (χ1) is 12.3. The predicted molar refractivity (Wildman–Crippen MR) is 97.8 cm³/mol. The Morgan fingerprint density at radius 1 is 1.12 bits per heavy atom. The largest absolute Gasteiger partial charge is 0.339 e. The number of carbonyl (C=O) groups is 1. The molecule has 1 aliphatic heterocycles. The molecule has 0 aromatic heterocycles. The van der Waals surface area contributed by atoms with Gasteiger partial charge in [0.05, 0.1) is 11.0 Å². The molecule has 1 saturated heterocycles. The number of rotatable bonds is 3. The molecule has 26 heavy (non-hydrogen) atoms. The maximum absolute atomic E-state index is 12.9. The molecule has 0 radical (unpaired) electrons. The lowest BCUT2D eigenvalue weighted by Gasteiger charge is -2.37. The van der Waals surface area contributed by atoms with Crippen molar-refractivity contribution < 1.29 is 13.2 Å². The second-order valence-corrected chi connectivity index (χ2v) is 9.27. The number of carbonyl (C=O) groups excluding carboxylic acids is 1. The lowest BCUT2D eigenvalue weighted by Crippen LogP contribution is -2.53. The van der Waals surface area contributed by atoms with Gasteiger partial charge in [-0.1, -0.05) is 30.5 Å². The van der Waals surface area contributed by atoms with E-state index in [1.807, 2.05) is 13.0 Å². The van der Waals surface area contributed by atoms with Crippen LogP contribution in [0.15, 0.2) is 23.1 Å². The molecule has 1 aliphatic carbocycles. The monoisotopic (exact) mass is 375 g/mol. The summed E-state index contributed by atoms with van der Waals surface area (Å²) in [7, 11) is -3.57. The minimum Gasteiger partial charge on any atom is -0.339 e. The third-order valence-electron chi connectivity index (χ3n) is 5.55. The van der Waals surface area contributed by atoms with Crippen LogP contribution >= 0.6 is 0 Å². The van der Waals surface area contributed by atoms with Crippen molar-refractivity contribution in [1.82, 2.24) is 9.21 Å². The zero-order chi connectivity index (χ0) is 18.9. The number of piperazine rings is 1. The maximum atomic E-state index is 12.9. The van der Waals surface area contributed by atoms with E-state index in [0.29, 0.717) is 30.8 Å². The molecule has 1 amide bonds. The average molecular weight is 375 g/mol. The fourth-order valence-corrected chi connectivity index (χ4v) is 5.64. The first-order valence-corrected chi connectivity index (χ1v) is 10.5. The average Bonchev–Trinajstić information content (AvgIpc) is 3.11. The lowest BCUT2D eigenvalue weighted by atomic mass is 9.86. The Morgan fingerprint density at radius 2 is 1.73 bits per heavy atom. The van der Waals surface area contributed by atoms with Gasteiger partial charge < -0.3 is 4.90 Å². The van der Waals surface area contributed by atoms with Crippen LogP contribution in [0.2, 0.25) is 0 Å². The van der Waals surface area contributed by atoms with Gasteiger partial charge in [-0.15, -0.1) is 0 Å². The SMILES string of the molecule is Cc1ccc(S(=O)(=O)N2CCN(C(=O)C3(C#N)CCCC3)CC2)c(C)c1. The lowest BCUT2D eigenvalue weighted by molar-refractivity contribution is -0.140. The van der Waals surface area contributed by atoms with E-state index in [1.165, 1.54) is 4.31 Å². The van der Waals surface area contributed by atoms with Crippen LogP contribution < -0.4 is 0 Å². The number of hydrogen-bond acceptors (Lipinski definition) is 4. The van der Waals surface area contributed by atoms with Gasteiger partial charge in [0.15, 0.2) is 0 Å². The van der Waals surface area contributed by atoms with Crippen molar-refractivity contribution in [3.05, 3.63) is 29.3 Å². The molecule has 1 aromatic carbocycles. The van der Waals surface area contributed by atoms with Crippen LogP contribution in [-0.4, -0.2) is 49.7 Å². The Balaban J connectivity index is 1.72. The molecule has 1 aromatic rings. The van der Waals surface area contributed by atoms with Crippen LogP contribution in [0.1, 0.15) is 36.8 Å². The van der Waals surface area contributed by atoms with Gasteiger partial charge in [-0.3, -0.25) is 4.79 Å². The van der Waals surface area contributed by atoms with Crippen LogP contribution in [0, 0.1) is 30.6 Å². The van der Waals surface area contributed by atoms with Gasteiger partial charge in [-0.25, -0.2) is 8.42 Å². The van der Waals surface area contributed by atoms with Gasteiger partial charge in [0.2, 0.25) is 15.9 Å². The van der Waals surface area contributed by atoms with Gasteiger partial charge in [-0.05, 0) is 38.3 Å². The topological polar surface area (TPSA) is 81.5 Å². The Bertz CT molecular complexity index is 843. The summed E-state index contributed by atoms with van der Waals surface area (Å²) in [6.45, 7) is 4.95. The molecule has 1 saturated carbocycles. The van der Waals surface area contributed by atoms with Gasteiger partial charge >= 0.3 is 0 Å². The van der Waals surface area contributed by atoms with Crippen molar-refractivity contribution in [3.8, 4) is 6.07 Å². The standard InChI is InChI=1S/C19H25N3O3S/c1-15-5-6-17(16(2)13-15)26(24,25)22-11-9-21(10-12-22)18(23)19(14-20)7-3-4-8-19/h5-6,13H,3-4,7-12H2,1-2H3. The highest BCUT2D eigenvalue weighted by Gasteiger charge is 2.45. The van der Waals surface area contributed by atoms with Crippen molar-refractivity contribution in [1.29, 1.82) is 5.26 Å². The van der Waals surface area contributed by atoms with E-state index in [1.54, 1.807) is 24.0 Å². The summed E-state index contributed by atoms with van der Waals surface area (Å²) in [5.74, 6) is -0.124. The minimum atomic E-state index is -3.57. The maximum Gasteiger partial charge on any atom is 0.243 e. The molecule has 3 rings (SSSR count). The predicted octanol–water partition coefficient (Wildman–Crippen LogP) is 2.22. The molecule has 7 heteroatoms. The molecule has 0 unspecified atom stereocenters. The van der Waals surface area contributed by atoms with E-state index in [2.05, 4.69) is 6.07 Å². The van der Waals surface area contributed by atoms with Crippen molar-refractivity contribution in [2.45, 2.75) is 44.4 Å². The van der Waals surface area contributed by atoms with E-state index in [4.69, 9.17) is 0 Å². The van der Waals surface area contributed by atoms with Gasteiger partial charge in [-0.2, -0.15) is 9.57 Å². The first-order valence-electron chi connectivity index (χ1n) is 9.08. The Morgan fingerprint density at radius 3 is 2.27 bits per heavy atom. The summed E-state index contributed by atoms with van der Waals surface area (Å²) < 4.78 is 27.3. The number of hydrogen-bond donors (Lipinski definition) is 0. The molecular weight excluding hydrogens is 350 g/mol. The van der Waals surface area contributed by atoms with E-state index in [-0.39, 0.29) is 19.0 Å². The Kier molecular flexibility index (Phi) is 5.09. The zero-order valence-corrected chi connectivity index (χ0v) is 16.2. The summed E-state index contributed by atoms with van der Waals surface area (Å²) in [6, 6.07) is 7.55. The molecule has 0 bridgehead atoms. The molecule has 6 nitrogen and oxygen atoms in total. The molecule has 140 valence electrons. The van der Waals surface area contributed by atoms with Crippen LogP contribution in [0.3, 0.4) is 0 Å². The van der Waals surface area contributed by atoms with Gasteiger partial charge in [0.25, 0.3) is 0 Å². The molecule has 0 N–H and O–H groups in total. The second-order valence-electron chi connectivity index (χ2n) is 7.37. The molecule has 0 spiro atoms.